The molecule has 20 nitrogen and oxygen atoms in total. The maximum Gasteiger partial charge on any atom is 0.319 e. The number of benzene rings is 3. The van der Waals surface area contributed by atoms with Gasteiger partial charge in [0, 0.05) is 82.3 Å². The van der Waals surface area contributed by atoms with Gasteiger partial charge in [0.1, 0.15) is 23.8 Å². The number of hydrazine groups is 1. The van der Waals surface area contributed by atoms with Gasteiger partial charge in [0.15, 0.2) is 5.82 Å². The molecule has 4 aliphatic rings. The maximum absolute atomic E-state index is 13.1. The van der Waals surface area contributed by atoms with Crippen LogP contribution in [0.2, 0.25) is 0 Å². The number of ether oxygens (including phenoxy) is 3. The highest BCUT2D eigenvalue weighted by Gasteiger charge is 2.24. The van der Waals surface area contributed by atoms with Crippen molar-refractivity contribution in [3.63, 3.8) is 0 Å². The normalized spacial score (nSPS) is 16.1. The van der Waals surface area contributed by atoms with Crippen molar-refractivity contribution in [2.75, 3.05) is 97.3 Å². The molecule has 1 amide bonds. The van der Waals surface area contributed by atoms with Crippen molar-refractivity contribution in [2.24, 2.45) is 5.18 Å². The minimum Gasteiger partial charge on any atom is -0.508 e. The van der Waals surface area contributed by atoms with Crippen LogP contribution in [0.15, 0.2) is 96.1 Å². The Morgan fingerprint density at radius 3 is 2.45 bits per heavy atom. The van der Waals surface area contributed by atoms with Gasteiger partial charge in [-0.3, -0.25) is 14.6 Å². The lowest BCUT2D eigenvalue weighted by molar-refractivity contribution is -0.134. The molecule has 4 N–H and O–H groups in total. The van der Waals surface area contributed by atoms with Crippen molar-refractivity contribution >= 4 is 23.1 Å². The summed E-state index contributed by atoms with van der Waals surface area (Å²) in [6.45, 7) is 13.5. The highest BCUT2D eigenvalue weighted by Crippen LogP contribution is 2.39. The number of rotatable bonds is 15. The van der Waals surface area contributed by atoms with E-state index >= 15 is 0 Å². The van der Waals surface area contributed by atoms with Gasteiger partial charge in [0.2, 0.25) is 11.9 Å². The first-order valence-corrected chi connectivity index (χ1v) is 23.6. The largest absolute Gasteiger partial charge is 0.508 e. The van der Waals surface area contributed by atoms with Crippen LogP contribution in [0.5, 0.6) is 17.5 Å². The molecule has 1 fully saturated rings. The van der Waals surface area contributed by atoms with Crippen molar-refractivity contribution in [3.05, 3.63) is 107 Å². The molecule has 4 aliphatic heterocycles. The molecule has 0 spiro atoms. The SMILES string of the molecule is CC(C)c1cc(-c2nnc(O)n2-c2ccc(CN3CCN(C(=O)CCOCCOCCN4CCCN5C=C(CN5)Nc5ncc6ccc(n6n5)-c5ccc(cc5)OCC4)CC3)cc2)c(N=O)cc1O. The van der Waals surface area contributed by atoms with E-state index in [2.05, 4.69) is 70.3 Å². The molecule has 20 heteroatoms. The number of carbonyl (C=O) groups excluding carboxylic acids is 1. The Balaban J connectivity index is 0.678. The molecule has 7 heterocycles. The number of hydrogen-bond donors (Lipinski definition) is 4. The third-order valence-corrected chi connectivity index (χ3v) is 12.6. The van der Waals surface area contributed by atoms with Crippen LogP contribution in [0, 0.1) is 4.91 Å². The molecule has 362 valence electrons. The number of aromatic hydroxyl groups is 2. The number of aromatic nitrogens is 6. The van der Waals surface area contributed by atoms with Gasteiger partial charge in [-0.15, -0.1) is 15.1 Å². The molecule has 69 heavy (non-hydrogen) atoms. The summed E-state index contributed by atoms with van der Waals surface area (Å²) in [6, 6.07) is 22.5. The number of piperazine rings is 1. The molecule has 0 saturated carbocycles. The van der Waals surface area contributed by atoms with Crippen molar-refractivity contribution in [1.82, 2.24) is 54.5 Å². The lowest BCUT2D eigenvalue weighted by Gasteiger charge is -2.34. The van der Waals surface area contributed by atoms with Crippen LogP contribution < -0.4 is 15.5 Å². The van der Waals surface area contributed by atoms with Crippen LogP contribution in [0.4, 0.5) is 11.6 Å². The summed E-state index contributed by atoms with van der Waals surface area (Å²) in [5.74, 6) is 1.61. The Bertz CT molecular complexity index is 2730. The summed E-state index contributed by atoms with van der Waals surface area (Å²) in [5, 5.41) is 42.5. The number of phenols is 1. The summed E-state index contributed by atoms with van der Waals surface area (Å²) < 4.78 is 21.3. The van der Waals surface area contributed by atoms with E-state index in [0.717, 1.165) is 79.5 Å². The zero-order chi connectivity index (χ0) is 47.7. The fourth-order valence-electron chi connectivity index (χ4n) is 8.82. The number of phenolic OH excluding ortho intramolecular Hbond substituents is 1. The molecule has 6 bridgehead atoms. The van der Waals surface area contributed by atoms with Crippen molar-refractivity contribution in [3.8, 4) is 45.8 Å². The van der Waals surface area contributed by atoms with Gasteiger partial charge in [-0.25, -0.2) is 19.5 Å². The Hall–Kier alpha value is -6.97. The van der Waals surface area contributed by atoms with E-state index in [0.29, 0.717) is 88.4 Å². The molecular formula is C49H59N13O7. The lowest BCUT2D eigenvalue weighted by atomic mass is 9.98. The average Bonchev–Trinajstić information content (AvgIpc) is 4.10. The van der Waals surface area contributed by atoms with E-state index in [1.807, 2.05) is 71.9 Å². The van der Waals surface area contributed by atoms with Crippen LogP contribution in [0.3, 0.4) is 0 Å². The van der Waals surface area contributed by atoms with Crippen molar-refractivity contribution < 1.29 is 29.2 Å². The summed E-state index contributed by atoms with van der Waals surface area (Å²) in [5.41, 5.74) is 9.99. The lowest BCUT2D eigenvalue weighted by Crippen LogP contribution is -2.48. The van der Waals surface area contributed by atoms with Gasteiger partial charge in [-0.05, 0) is 83.2 Å². The van der Waals surface area contributed by atoms with E-state index < -0.39 is 0 Å². The fourth-order valence-corrected chi connectivity index (χ4v) is 8.82. The van der Waals surface area contributed by atoms with Crippen LogP contribution in [-0.2, 0) is 20.8 Å². The summed E-state index contributed by atoms with van der Waals surface area (Å²) >= 11 is 0. The van der Waals surface area contributed by atoms with Gasteiger partial charge in [0.05, 0.1) is 68.2 Å². The van der Waals surface area contributed by atoms with Gasteiger partial charge in [-0.1, -0.05) is 31.1 Å². The second kappa shape index (κ2) is 22.0. The number of nitroso groups, excluding NO2 is 1. The first kappa shape index (κ1) is 47.1. The maximum atomic E-state index is 13.1. The number of carbonyl (C=O) groups is 1. The van der Waals surface area contributed by atoms with Crippen LogP contribution in [0.25, 0.3) is 33.8 Å². The Labute approximate surface area is 400 Å². The number of nitrogens with one attached hydrogen (secondary N) is 2. The third-order valence-electron chi connectivity index (χ3n) is 12.6. The topological polar surface area (TPSA) is 213 Å². The fraction of sp³-hybridized carbons (Fsp3) is 0.408. The predicted octanol–water partition coefficient (Wildman–Crippen LogP) is 5.50. The number of anilines is 1. The summed E-state index contributed by atoms with van der Waals surface area (Å²) in [4.78, 5) is 35.9. The van der Waals surface area contributed by atoms with E-state index in [4.69, 9.17) is 19.3 Å². The van der Waals surface area contributed by atoms with E-state index in [1.54, 1.807) is 6.07 Å². The minimum absolute atomic E-state index is 0.00553. The number of nitrogens with zero attached hydrogens (tertiary/aromatic N) is 11. The summed E-state index contributed by atoms with van der Waals surface area (Å²) in [6.07, 6.45) is 5.16. The molecule has 6 aromatic rings. The van der Waals surface area contributed by atoms with Crippen LogP contribution in [0.1, 0.15) is 43.7 Å². The number of hydrogen-bond acceptors (Lipinski definition) is 17. The highest BCUT2D eigenvalue weighted by atomic mass is 16.5. The van der Waals surface area contributed by atoms with Crippen molar-refractivity contribution in [2.45, 2.75) is 39.2 Å². The number of amides is 1. The third kappa shape index (κ3) is 11.5. The molecule has 3 aromatic carbocycles. The average molecular weight is 942 g/mol. The first-order chi connectivity index (χ1) is 33.7. The van der Waals surface area contributed by atoms with Crippen LogP contribution >= 0.6 is 0 Å². The van der Waals surface area contributed by atoms with Gasteiger partial charge < -0.3 is 39.6 Å². The Morgan fingerprint density at radius 2 is 1.67 bits per heavy atom. The Kier molecular flexibility index (Phi) is 15.0. The smallest absolute Gasteiger partial charge is 0.319 e. The molecule has 1 saturated heterocycles. The van der Waals surface area contributed by atoms with Gasteiger partial charge in [-0.2, -0.15) is 0 Å². The number of fused-ring (bicyclic) bond motifs is 8. The molecule has 0 aliphatic carbocycles. The second-order valence-corrected chi connectivity index (χ2v) is 17.6. The zero-order valence-corrected chi connectivity index (χ0v) is 39.0. The predicted molar refractivity (Wildman–Crippen MR) is 259 cm³/mol. The molecular weight excluding hydrogens is 883 g/mol. The standard InChI is InChI=1S/C49H59N13O7/c1-34(2)41-28-42(43(56-66)29-45(41)63)47-53-54-49(65)61(47)38-8-4-35(5-9-38)32-58-17-19-59(20-18-58)46(64)14-23-67-26-27-68-24-21-57-15-3-16-60-33-37(30-51-60)52-48-50-31-39-10-13-44(62(39)55-48)36-6-11-40(12-7-36)69-25-22-57/h4-13,28-29,31,33-34,51,63H,3,14-27,30,32H2,1-2H3,(H,52,55)(H,54,65). The van der Waals surface area contributed by atoms with E-state index in [9.17, 15) is 19.9 Å². The van der Waals surface area contributed by atoms with Gasteiger partial charge >= 0.3 is 6.01 Å². The van der Waals surface area contributed by atoms with E-state index in [1.165, 1.54) is 10.6 Å². The molecule has 3 aromatic heterocycles. The first-order valence-electron chi connectivity index (χ1n) is 23.6. The zero-order valence-electron chi connectivity index (χ0n) is 39.0. The van der Waals surface area contributed by atoms with E-state index in [-0.39, 0.29) is 35.1 Å². The summed E-state index contributed by atoms with van der Waals surface area (Å²) in [7, 11) is 0. The minimum atomic E-state index is -0.340. The quantitative estimate of drug-likeness (QED) is 0.0739. The van der Waals surface area contributed by atoms with Gasteiger partial charge in [0.25, 0.3) is 0 Å². The second-order valence-electron chi connectivity index (χ2n) is 17.6. The molecule has 0 unspecified atom stereocenters. The van der Waals surface area contributed by atoms with Crippen LogP contribution in [-0.4, -0.2) is 157 Å². The highest BCUT2D eigenvalue weighted by molar-refractivity contribution is 5.77. The Morgan fingerprint density at radius 1 is 0.870 bits per heavy atom. The van der Waals surface area contributed by atoms with Crippen molar-refractivity contribution in [1.29, 1.82) is 0 Å². The molecule has 0 radical (unpaired) electrons. The monoisotopic (exact) mass is 941 g/mol. The molecule has 0 atom stereocenters. The molecule has 10 rings (SSSR count).